The first-order valence-corrected chi connectivity index (χ1v) is 11.4. The van der Waals surface area contributed by atoms with E-state index < -0.39 is 10.9 Å². The van der Waals surface area contributed by atoms with Crippen molar-refractivity contribution in [2.24, 2.45) is 0 Å². The highest BCUT2D eigenvalue weighted by Gasteiger charge is 2.28. The third-order valence-electron chi connectivity index (χ3n) is 5.35. The predicted octanol–water partition coefficient (Wildman–Crippen LogP) is 5.51. The molecule has 9 heteroatoms. The van der Waals surface area contributed by atoms with Crippen LogP contribution in [-0.4, -0.2) is 27.5 Å². The van der Waals surface area contributed by atoms with Gasteiger partial charge in [-0.15, -0.1) is 0 Å². The van der Waals surface area contributed by atoms with Crippen molar-refractivity contribution in [3.8, 4) is 0 Å². The predicted molar refractivity (Wildman–Crippen MR) is 137 cm³/mol. The summed E-state index contributed by atoms with van der Waals surface area (Å²) in [6.45, 7) is 2.79. The number of esters is 1. The van der Waals surface area contributed by atoms with E-state index in [4.69, 9.17) is 4.74 Å². The Hall–Kier alpha value is -4.79. The summed E-state index contributed by atoms with van der Waals surface area (Å²) in [5.74, 6) is -0.264. The minimum Gasteiger partial charge on any atom is -0.462 e. The molecule has 0 radical (unpaired) electrons. The highest BCUT2D eigenvalue weighted by Crippen LogP contribution is 2.35. The molecule has 0 bridgehead atoms. The van der Waals surface area contributed by atoms with E-state index in [0.29, 0.717) is 24.3 Å². The molecule has 0 atom stereocenters. The number of rotatable bonds is 10. The molecule has 0 aliphatic carbocycles. The summed E-state index contributed by atoms with van der Waals surface area (Å²) in [7, 11) is 0. The number of benzene rings is 3. The van der Waals surface area contributed by atoms with E-state index in [2.05, 4.69) is 15.3 Å². The van der Waals surface area contributed by atoms with Gasteiger partial charge in [-0.1, -0.05) is 66.7 Å². The van der Waals surface area contributed by atoms with Crippen molar-refractivity contribution in [1.29, 1.82) is 0 Å². The summed E-state index contributed by atoms with van der Waals surface area (Å²) < 4.78 is 5.05. The van der Waals surface area contributed by atoms with Gasteiger partial charge in [-0.05, 0) is 36.2 Å². The standard InChI is InChI=1S/C27H25N5O4/c1-2-36-27(33)22-14-9-15-23(16-22)30-25-24(32(34)35)26(29-19-28-25)31(17-20-10-5-3-6-11-20)18-21-12-7-4-8-13-21/h3-16,19H,2,17-18H2,1H3,(H,28,29,30). The van der Waals surface area contributed by atoms with Crippen LogP contribution in [0.5, 0.6) is 0 Å². The van der Waals surface area contributed by atoms with Crippen LogP contribution in [0.4, 0.5) is 23.0 Å². The molecule has 0 aliphatic rings. The van der Waals surface area contributed by atoms with Gasteiger partial charge in [-0.25, -0.2) is 14.8 Å². The van der Waals surface area contributed by atoms with Gasteiger partial charge in [0.15, 0.2) is 0 Å². The lowest BCUT2D eigenvalue weighted by Gasteiger charge is -2.24. The topological polar surface area (TPSA) is 110 Å². The summed E-state index contributed by atoms with van der Waals surface area (Å²) in [6.07, 6.45) is 1.29. The Bertz CT molecular complexity index is 1290. The van der Waals surface area contributed by atoms with Crippen LogP contribution in [0.3, 0.4) is 0 Å². The first-order valence-electron chi connectivity index (χ1n) is 11.4. The maximum atomic E-state index is 12.3. The van der Waals surface area contributed by atoms with Crippen LogP contribution in [0, 0.1) is 10.1 Å². The Kier molecular flexibility index (Phi) is 7.82. The van der Waals surface area contributed by atoms with E-state index in [1.807, 2.05) is 65.6 Å². The number of carbonyl (C=O) groups excluding carboxylic acids is 1. The fraction of sp³-hybridized carbons (Fsp3) is 0.148. The van der Waals surface area contributed by atoms with E-state index in [-0.39, 0.29) is 23.9 Å². The molecule has 4 rings (SSSR count). The van der Waals surface area contributed by atoms with Crippen LogP contribution >= 0.6 is 0 Å². The number of hydrogen-bond donors (Lipinski definition) is 1. The molecule has 0 saturated carbocycles. The molecule has 0 saturated heterocycles. The minimum atomic E-state index is -0.490. The van der Waals surface area contributed by atoms with Gasteiger partial charge in [0.05, 0.1) is 17.1 Å². The fourth-order valence-corrected chi connectivity index (χ4v) is 3.75. The van der Waals surface area contributed by atoms with E-state index in [1.54, 1.807) is 31.2 Å². The van der Waals surface area contributed by atoms with E-state index in [1.165, 1.54) is 6.33 Å². The third kappa shape index (κ3) is 6.01. The van der Waals surface area contributed by atoms with Gasteiger partial charge in [0.1, 0.15) is 6.33 Å². The molecule has 0 unspecified atom stereocenters. The van der Waals surface area contributed by atoms with Crippen LogP contribution in [0.1, 0.15) is 28.4 Å². The lowest BCUT2D eigenvalue weighted by Crippen LogP contribution is -2.24. The van der Waals surface area contributed by atoms with Gasteiger partial charge < -0.3 is 15.0 Å². The van der Waals surface area contributed by atoms with Crippen molar-refractivity contribution in [3.63, 3.8) is 0 Å². The summed E-state index contributed by atoms with van der Waals surface area (Å²) in [6, 6.07) is 25.9. The van der Waals surface area contributed by atoms with E-state index in [0.717, 1.165) is 11.1 Å². The molecule has 1 heterocycles. The van der Waals surface area contributed by atoms with Gasteiger partial charge in [0.25, 0.3) is 0 Å². The molecule has 4 aromatic rings. The average molecular weight is 484 g/mol. The summed E-state index contributed by atoms with van der Waals surface area (Å²) in [5.41, 5.74) is 2.50. The molecule has 0 fully saturated rings. The Morgan fingerprint density at radius 1 is 0.944 bits per heavy atom. The molecule has 0 spiro atoms. The zero-order chi connectivity index (χ0) is 25.3. The smallest absolute Gasteiger partial charge is 0.353 e. The maximum absolute atomic E-state index is 12.3. The van der Waals surface area contributed by atoms with Crippen molar-refractivity contribution in [2.75, 3.05) is 16.8 Å². The molecular formula is C27H25N5O4. The van der Waals surface area contributed by atoms with Gasteiger partial charge in [0, 0.05) is 18.8 Å². The molecule has 1 N–H and O–H groups in total. The number of aromatic nitrogens is 2. The van der Waals surface area contributed by atoms with E-state index >= 15 is 0 Å². The van der Waals surface area contributed by atoms with Crippen molar-refractivity contribution >= 4 is 29.0 Å². The van der Waals surface area contributed by atoms with Gasteiger partial charge >= 0.3 is 11.7 Å². The van der Waals surface area contributed by atoms with Gasteiger partial charge in [0.2, 0.25) is 11.6 Å². The lowest BCUT2D eigenvalue weighted by atomic mass is 10.1. The van der Waals surface area contributed by atoms with Crippen molar-refractivity contribution in [2.45, 2.75) is 20.0 Å². The van der Waals surface area contributed by atoms with Crippen molar-refractivity contribution in [3.05, 3.63) is 118 Å². The second-order valence-electron chi connectivity index (χ2n) is 7.91. The largest absolute Gasteiger partial charge is 0.462 e. The van der Waals surface area contributed by atoms with Crippen molar-refractivity contribution in [1.82, 2.24) is 9.97 Å². The molecule has 0 aliphatic heterocycles. The number of hydrogen-bond acceptors (Lipinski definition) is 8. The van der Waals surface area contributed by atoms with Crippen LogP contribution < -0.4 is 10.2 Å². The zero-order valence-electron chi connectivity index (χ0n) is 19.7. The Balaban J connectivity index is 1.72. The van der Waals surface area contributed by atoms with E-state index in [9.17, 15) is 14.9 Å². The first-order chi connectivity index (χ1) is 17.5. The molecule has 36 heavy (non-hydrogen) atoms. The van der Waals surface area contributed by atoms with Crippen LogP contribution in [0.2, 0.25) is 0 Å². The summed E-state index contributed by atoms with van der Waals surface area (Å²) >= 11 is 0. The molecule has 1 aromatic heterocycles. The molecular weight excluding hydrogens is 458 g/mol. The Morgan fingerprint density at radius 2 is 1.58 bits per heavy atom. The summed E-state index contributed by atoms with van der Waals surface area (Å²) in [5, 5.41) is 15.3. The third-order valence-corrected chi connectivity index (χ3v) is 5.35. The fourth-order valence-electron chi connectivity index (χ4n) is 3.75. The number of nitrogens with zero attached hydrogens (tertiary/aromatic N) is 4. The van der Waals surface area contributed by atoms with Crippen molar-refractivity contribution < 1.29 is 14.5 Å². The molecule has 182 valence electrons. The quantitative estimate of drug-likeness (QED) is 0.179. The van der Waals surface area contributed by atoms with Crippen LogP contribution in [0.25, 0.3) is 0 Å². The lowest BCUT2D eigenvalue weighted by molar-refractivity contribution is -0.383. The van der Waals surface area contributed by atoms with Gasteiger partial charge in [-0.3, -0.25) is 10.1 Å². The maximum Gasteiger partial charge on any atom is 0.353 e. The number of nitrogens with one attached hydrogen (secondary N) is 1. The molecule has 0 amide bonds. The summed E-state index contributed by atoms with van der Waals surface area (Å²) in [4.78, 5) is 34.3. The molecule has 9 nitrogen and oxygen atoms in total. The highest BCUT2D eigenvalue weighted by molar-refractivity contribution is 5.91. The number of ether oxygens (including phenoxy) is 1. The average Bonchev–Trinajstić information content (AvgIpc) is 2.89. The Morgan fingerprint density at radius 3 is 2.17 bits per heavy atom. The number of nitro groups is 1. The minimum absolute atomic E-state index is 0.0251. The second kappa shape index (κ2) is 11.6. The normalized spacial score (nSPS) is 10.5. The Labute approximate surface area is 208 Å². The van der Waals surface area contributed by atoms with Crippen LogP contribution in [-0.2, 0) is 17.8 Å². The monoisotopic (exact) mass is 483 g/mol. The first kappa shape index (κ1) is 24.3. The number of anilines is 3. The zero-order valence-corrected chi connectivity index (χ0v) is 19.7. The molecule has 3 aromatic carbocycles. The number of carbonyl (C=O) groups is 1. The highest BCUT2D eigenvalue weighted by atomic mass is 16.6. The SMILES string of the molecule is CCOC(=O)c1cccc(Nc2ncnc(N(Cc3ccccc3)Cc3ccccc3)c2[N+](=O)[O-])c1. The second-order valence-corrected chi connectivity index (χ2v) is 7.91. The van der Waals surface area contributed by atoms with Gasteiger partial charge in [-0.2, -0.15) is 0 Å². The van der Waals surface area contributed by atoms with Crippen LogP contribution in [0.15, 0.2) is 91.3 Å².